The average molecular weight is 375 g/mol. The number of carboxylic acid groups (broad SMARTS) is 1. The molecule has 0 radical (unpaired) electrons. The molecule has 7 heteroatoms. The van der Waals surface area contributed by atoms with Gasteiger partial charge in [0.1, 0.15) is 5.75 Å². The zero-order chi connectivity index (χ0) is 19.6. The van der Waals surface area contributed by atoms with Crippen LogP contribution in [0.15, 0.2) is 48.5 Å². The molecule has 1 fully saturated rings. The van der Waals surface area contributed by atoms with Gasteiger partial charge in [0, 0.05) is 24.7 Å². The molecule has 1 amide bonds. The number of amides is 1. The van der Waals surface area contributed by atoms with Crippen molar-refractivity contribution in [1.82, 2.24) is 4.90 Å². The first-order valence-electron chi connectivity index (χ1n) is 8.49. The summed E-state index contributed by atoms with van der Waals surface area (Å²) in [5.74, 6) is -3.46. The van der Waals surface area contributed by atoms with Gasteiger partial charge in [0.05, 0.1) is 5.41 Å². The monoisotopic (exact) mass is 375 g/mol. The highest BCUT2D eigenvalue weighted by Gasteiger charge is 2.44. The number of rotatable bonds is 5. The molecule has 1 heterocycles. The Hall–Kier alpha value is -2.96. The second-order valence-electron chi connectivity index (χ2n) is 6.86. The Labute approximate surface area is 155 Å². The Kier molecular flexibility index (Phi) is 5.12. The maximum absolute atomic E-state index is 13.5. The van der Waals surface area contributed by atoms with Crippen LogP contribution in [-0.4, -0.2) is 35.0 Å². The van der Waals surface area contributed by atoms with E-state index in [2.05, 4.69) is 0 Å². The van der Waals surface area contributed by atoms with Gasteiger partial charge in [-0.25, -0.2) is 8.78 Å². The van der Waals surface area contributed by atoms with E-state index in [9.17, 15) is 23.5 Å². The van der Waals surface area contributed by atoms with Crippen LogP contribution in [0.5, 0.6) is 5.75 Å². The van der Waals surface area contributed by atoms with E-state index in [1.807, 2.05) is 0 Å². The minimum Gasteiger partial charge on any atom is -0.481 e. The first kappa shape index (κ1) is 18.8. The van der Waals surface area contributed by atoms with Crippen LogP contribution in [0, 0.1) is 17.0 Å². The zero-order valence-corrected chi connectivity index (χ0v) is 14.7. The smallest absolute Gasteiger partial charge is 0.311 e. The molecule has 0 spiro atoms. The average Bonchev–Trinajstić information content (AvgIpc) is 3.06. The van der Waals surface area contributed by atoms with E-state index in [4.69, 9.17) is 4.74 Å². The number of aliphatic carboxylic acids is 1. The fraction of sp³-hybridized carbons (Fsp3) is 0.300. The summed E-state index contributed by atoms with van der Waals surface area (Å²) in [6, 6.07) is 11.7. The van der Waals surface area contributed by atoms with Gasteiger partial charge in [-0.05, 0) is 25.5 Å². The van der Waals surface area contributed by atoms with E-state index in [1.54, 1.807) is 37.3 Å². The standard InChI is InChI=1S/C20H19F2NO4/c1-20(19(25)26)9-10-23(12-20)18(24)17(13-5-3-2-4-6-13)27-14-7-8-15(21)16(22)11-14/h2-8,11,17H,9-10,12H2,1H3,(H,25,26). The fourth-order valence-electron chi connectivity index (χ4n) is 3.06. The normalized spacial score (nSPS) is 20.3. The number of carbonyl (C=O) groups excluding carboxylic acids is 1. The second-order valence-corrected chi connectivity index (χ2v) is 6.86. The van der Waals surface area contributed by atoms with Crippen molar-refractivity contribution in [3.05, 3.63) is 65.7 Å². The maximum Gasteiger partial charge on any atom is 0.311 e. The molecule has 1 aliphatic rings. The summed E-state index contributed by atoms with van der Waals surface area (Å²) < 4.78 is 32.4. The number of halogens is 2. The van der Waals surface area contributed by atoms with Gasteiger partial charge in [-0.3, -0.25) is 9.59 Å². The number of benzene rings is 2. The van der Waals surface area contributed by atoms with Crippen LogP contribution in [0.1, 0.15) is 25.0 Å². The van der Waals surface area contributed by atoms with Gasteiger partial charge in [-0.2, -0.15) is 0 Å². The third-order valence-corrected chi connectivity index (χ3v) is 4.77. The third-order valence-electron chi connectivity index (χ3n) is 4.77. The Balaban J connectivity index is 1.87. The third kappa shape index (κ3) is 3.92. The van der Waals surface area contributed by atoms with Gasteiger partial charge in [0.15, 0.2) is 11.6 Å². The molecule has 2 aromatic rings. The van der Waals surface area contributed by atoms with Crippen molar-refractivity contribution in [2.24, 2.45) is 5.41 Å². The minimum atomic E-state index is -1.09. The number of ether oxygens (including phenoxy) is 1. The summed E-state index contributed by atoms with van der Waals surface area (Å²) in [5, 5.41) is 9.37. The molecule has 1 N–H and O–H groups in total. The summed E-state index contributed by atoms with van der Waals surface area (Å²) in [6.45, 7) is 1.94. The number of hydrogen-bond donors (Lipinski definition) is 1. The first-order valence-corrected chi connectivity index (χ1v) is 8.49. The second kappa shape index (κ2) is 7.34. The molecule has 0 aliphatic carbocycles. The van der Waals surface area contributed by atoms with Gasteiger partial charge in [0.2, 0.25) is 6.10 Å². The highest BCUT2D eigenvalue weighted by molar-refractivity contribution is 5.85. The topological polar surface area (TPSA) is 66.8 Å². The van der Waals surface area contributed by atoms with E-state index in [-0.39, 0.29) is 18.8 Å². The predicted molar refractivity (Wildman–Crippen MR) is 93.1 cm³/mol. The number of nitrogens with zero attached hydrogens (tertiary/aromatic N) is 1. The van der Waals surface area contributed by atoms with Gasteiger partial charge in [0.25, 0.3) is 5.91 Å². The van der Waals surface area contributed by atoms with Gasteiger partial charge >= 0.3 is 5.97 Å². The summed E-state index contributed by atoms with van der Waals surface area (Å²) in [4.78, 5) is 25.9. The lowest BCUT2D eigenvalue weighted by atomic mass is 9.90. The number of carboxylic acids is 1. The van der Waals surface area contributed by atoms with Gasteiger partial charge < -0.3 is 14.7 Å². The van der Waals surface area contributed by atoms with E-state index < -0.39 is 35.0 Å². The highest BCUT2D eigenvalue weighted by atomic mass is 19.2. The molecule has 5 nitrogen and oxygen atoms in total. The molecule has 27 heavy (non-hydrogen) atoms. The SMILES string of the molecule is CC1(C(=O)O)CCN(C(=O)C(Oc2ccc(F)c(F)c2)c2ccccc2)C1. The lowest BCUT2D eigenvalue weighted by Gasteiger charge is -2.26. The Morgan fingerprint density at radius 3 is 2.44 bits per heavy atom. The van der Waals surface area contributed by atoms with Crippen molar-refractivity contribution in [2.75, 3.05) is 13.1 Å². The van der Waals surface area contributed by atoms with Crippen LogP contribution < -0.4 is 4.74 Å². The number of carbonyl (C=O) groups is 2. The summed E-state index contributed by atoms with van der Waals surface area (Å²) in [6.07, 6.45) is -0.756. The van der Waals surface area contributed by atoms with Crippen molar-refractivity contribution < 1.29 is 28.2 Å². The van der Waals surface area contributed by atoms with Crippen LogP contribution in [0.2, 0.25) is 0 Å². The van der Waals surface area contributed by atoms with Crippen molar-refractivity contribution in [2.45, 2.75) is 19.4 Å². The lowest BCUT2D eigenvalue weighted by molar-refractivity contribution is -0.148. The maximum atomic E-state index is 13.5. The van der Waals surface area contributed by atoms with E-state index in [0.717, 1.165) is 12.1 Å². The first-order chi connectivity index (χ1) is 12.8. The van der Waals surface area contributed by atoms with Gasteiger partial charge in [-0.15, -0.1) is 0 Å². The number of likely N-dealkylation sites (tertiary alicyclic amines) is 1. The molecule has 2 aromatic carbocycles. The van der Waals surface area contributed by atoms with E-state index >= 15 is 0 Å². The van der Waals surface area contributed by atoms with Gasteiger partial charge in [-0.1, -0.05) is 30.3 Å². The van der Waals surface area contributed by atoms with Crippen LogP contribution in [0.4, 0.5) is 8.78 Å². The van der Waals surface area contributed by atoms with E-state index in [1.165, 1.54) is 11.0 Å². The number of hydrogen-bond acceptors (Lipinski definition) is 3. The molecule has 1 aliphatic heterocycles. The molecule has 0 aromatic heterocycles. The van der Waals surface area contributed by atoms with Crippen molar-refractivity contribution >= 4 is 11.9 Å². The summed E-state index contributed by atoms with van der Waals surface area (Å²) in [5.41, 5.74) is -0.477. The molecule has 2 atom stereocenters. The summed E-state index contributed by atoms with van der Waals surface area (Å²) in [7, 11) is 0. The van der Waals surface area contributed by atoms with Crippen LogP contribution in [-0.2, 0) is 9.59 Å². The Bertz CT molecular complexity index is 858. The predicted octanol–water partition coefficient (Wildman–Crippen LogP) is 3.41. The highest BCUT2D eigenvalue weighted by Crippen LogP contribution is 2.33. The van der Waals surface area contributed by atoms with Crippen LogP contribution in [0.3, 0.4) is 0 Å². The minimum absolute atomic E-state index is 0.0105. The molecular weight excluding hydrogens is 356 g/mol. The Morgan fingerprint density at radius 2 is 1.85 bits per heavy atom. The van der Waals surface area contributed by atoms with E-state index in [0.29, 0.717) is 12.0 Å². The summed E-state index contributed by atoms with van der Waals surface area (Å²) >= 11 is 0. The quantitative estimate of drug-likeness (QED) is 0.870. The molecule has 3 rings (SSSR count). The van der Waals surface area contributed by atoms with Crippen LogP contribution in [0.25, 0.3) is 0 Å². The lowest BCUT2D eigenvalue weighted by Crippen LogP contribution is -2.38. The van der Waals surface area contributed by atoms with Crippen molar-refractivity contribution in [3.8, 4) is 5.75 Å². The largest absolute Gasteiger partial charge is 0.481 e. The van der Waals surface area contributed by atoms with Crippen LogP contribution >= 0.6 is 0 Å². The fourth-order valence-corrected chi connectivity index (χ4v) is 3.06. The zero-order valence-electron chi connectivity index (χ0n) is 14.7. The van der Waals surface area contributed by atoms with Crippen molar-refractivity contribution in [1.29, 1.82) is 0 Å². The molecule has 0 saturated carbocycles. The molecule has 142 valence electrons. The molecular formula is C20H19F2NO4. The van der Waals surface area contributed by atoms with Crippen molar-refractivity contribution in [3.63, 3.8) is 0 Å². The molecule has 2 unspecified atom stereocenters. The Morgan fingerprint density at radius 1 is 1.15 bits per heavy atom. The molecule has 1 saturated heterocycles. The molecule has 0 bridgehead atoms.